The van der Waals surface area contributed by atoms with Gasteiger partial charge in [0.15, 0.2) is 0 Å². The van der Waals surface area contributed by atoms with Crippen LogP contribution in [0.1, 0.15) is 44.2 Å². The van der Waals surface area contributed by atoms with Crippen LogP contribution in [-0.2, 0) is 9.53 Å². The third-order valence-corrected chi connectivity index (χ3v) is 7.07. The fraction of sp³-hybridized carbons (Fsp3) is 0.455. The van der Waals surface area contributed by atoms with Crippen molar-refractivity contribution < 1.29 is 9.53 Å². The van der Waals surface area contributed by atoms with Crippen molar-refractivity contribution in [3.05, 3.63) is 44.7 Å². The maximum atomic E-state index is 13.4. The molecule has 2 aromatic rings. The number of hydrogen-bond acceptors (Lipinski definition) is 7. The van der Waals surface area contributed by atoms with Crippen LogP contribution in [0, 0.1) is 6.92 Å². The molecule has 2 fully saturated rings. The Morgan fingerprint density at radius 2 is 2.26 bits per heavy atom. The van der Waals surface area contributed by atoms with Gasteiger partial charge in [-0.15, -0.1) is 0 Å². The van der Waals surface area contributed by atoms with Crippen LogP contribution < -0.4 is 10.9 Å². The van der Waals surface area contributed by atoms with Crippen LogP contribution in [0.3, 0.4) is 0 Å². The minimum absolute atomic E-state index is 0.00832. The monoisotopic (exact) mass is 458 g/mol. The molecule has 164 valence electrons. The Morgan fingerprint density at radius 3 is 2.97 bits per heavy atom. The van der Waals surface area contributed by atoms with Crippen molar-refractivity contribution in [1.82, 2.24) is 14.3 Å². The van der Waals surface area contributed by atoms with E-state index in [4.69, 9.17) is 21.9 Å². The molecule has 2 saturated heterocycles. The molecule has 0 spiro atoms. The van der Waals surface area contributed by atoms with Crippen LogP contribution in [0.5, 0.6) is 0 Å². The summed E-state index contributed by atoms with van der Waals surface area (Å²) in [4.78, 5) is 33.2. The smallest absolute Gasteiger partial charge is 0.267 e. The van der Waals surface area contributed by atoms with Crippen molar-refractivity contribution in [1.29, 1.82) is 0 Å². The number of aryl methyl sites for hydroxylation is 1. The topological polar surface area (TPSA) is 75.9 Å². The average Bonchev–Trinajstić information content (AvgIpc) is 3.37. The Bertz CT molecular complexity index is 1120. The number of anilines is 1. The Morgan fingerprint density at radius 1 is 1.45 bits per heavy atom. The number of thioether (sulfide) groups is 1. The zero-order valence-corrected chi connectivity index (χ0v) is 19.5. The van der Waals surface area contributed by atoms with Gasteiger partial charge in [0.1, 0.15) is 15.8 Å². The fourth-order valence-electron chi connectivity index (χ4n) is 3.77. The summed E-state index contributed by atoms with van der Waals surface area (Å²) in [5.41, 5.74) is 1.61. The number of ether oxygens (including phenoxy) is 1. The molecule has 1 amide bonds. The third-order valence-electron chi connectivity index (χ3n) is 5.74. The van der Waals surface area contributed by atoms with E-state index in [9.17, 15) is 9.59 Å². The zero-order valence-electron chi connectivity index (χ0n) is 17.9. The van der Waals surface area contributed by atoms with Gasteiger partial charge in [-0.3, -0.25) is 18.9 Å². The molecule has 0 saturated carbocycles. The quantitative estimate of drug-likeness (QED) is 0.524. The normalized spacial score (nSPS) is 21.5. The standard InChI is InChI=1S/C22H26N4O3S2/c1-4-14(3)26-21(28)17(31-22(26)30)11-16-18(23-12-15-8-6-10-29-15)24-19-13(2)7-5-9-25(19)20(16)27/h5,7,9,11,14-15,23H,4,6,8,10,12H2,1-3H3/b17-11-/t14-,15+/m1/s1. The van der Waals surface area contributed by atoms with E-state index in [1.54, 1.807) is 17.2 Å². The van der Waals surface area contributed by atoms with E-state index in [1.807, 2.05) is 32.9 Å². The number of fused-ring (bicyclic) bond motifs is 1. The summed E-state index contributed by atoms with van der Waals surface area (Å²) >= 11 is 6.66. The average molecular weight is 459 g/mol. The molecule has 0 unspecified atom stereocenters. The molecule has 2 aliphatic heterocycles. The van der Waals surface area contributed by atoms with Crippen molar-refractivity contribution >= 4 is 51.7 Å². The molecular weight excluding hydrogens is 432 g/mol. The number of aromatic nitrogens is 2. The van der Waals surface area contributed by atoms with Gasteiger partial charge in [-0.2, -0.15) is 0 Å². The van der Waals surface area contributed by atoms with Crippen LogP contribution >= 0.6 is 24.0 Å². The summed E-state index contributed by atoms with van der Waals surface area (Å²) in [5.74, 6) is 0.298. The largest absolute Gasteiger partial charge is 0.376 e. The van der Waals surface area contributed by atoms with Gasteiger partial charge in [0.05, 0.1) is 16.6 Å². The summed E-state index contributed by atoms with van der Waals surface area (Å²) in [5, 5.41) is 3.30. The molecular formula is C22H26N4O3S2. The fourth-order valence-corrected chi connectivity index (χ4v) is 5.21. The molecule has 2 aliphatic rings. The summed E-state index contributed by atoms with van der Waals surface area (Å²) in [6.45, 7) is 7.22. The third kappa shape index (κ3) is 4.26. The second kappa shape index (κ2) is 9.10. The Hall–Kier alpha value is -2.23. The summed E-state index contributed by atoms with van der Waals surface area (Å²) in [6.07, 6.45) is 6.22. The Kier molecular flexibility index (Phi) is 6.45. The van der Waals surface area contributed by atoms with Crippen LogP contribution in [0.4, 0.5) is 5.82 Å². The lowest BCUT2D eigenvalue weighted by Gasteiger charge is -2.21. The highest BCUT2D eigenvalue weighted by atomic mass is 32.2. The van der Waals surface area contributed by atoms with Gasteiger partial charge in [-0.05, 0) is 50.8 Å². The summed E-state index contributed by atoms with van der Waals surface area (Å²) < 4.78 is 7.74. The van der Waals surface area contributed by atoms with Crippen molar-refractivity contribution in [2.45, 2.75) is 52.2 Å². The molecule has 1 N–H and O–H groups in total. The highest BCUT2D eigenvalue weighted by Crippen LogP contribution is 2.35. The molecule has 31 heavy (non-hydrogen) atoms. The number of carbonyl (C=O) groups is 1. The molecule has 0 aromatic carbocycles. The van der Waals surface area contributed by atoms with Crippen molar-refractivity contribution in [3.8, 4) is 0 Å². The predicted molar refractivity (Wildman–Crippen MR) is 128 cm³/mol. The first-order chi connectivity index (χ1) is 14.9. The van der Waals surface area contributed by atoms with Crippen molar-refractivity contribution in [3.63, 3.8) is 0 Å². The number of thiocarbonyl (C=S) groups is 1. The molecule has 0 bridgehead atoms. The molecule has 2 atom stereocenters. The van der Waals surface area contributed by atoms with E-state index in [0.29, 0.717) is 32.8 Å². The van der Waals surface area contributed by atoms with E-state index >= 15 is 0 Å². The SMILES string of the molecule is CC[C@@H](C)N1C(=O)/C(=C/c2c(NC[C@@H]3CCCO3)nc3c(C)cccn3c2=O)SC1=S. The van der Waals surface area contributed by atoms with E-state index in [1.165, 1.54) is 16.2 Å². The maximum absolute atomic E-state index is 13.4. The lowest BCUT2D eigenvalue weighted by Crippen LogP contribution is -2.36. The maximum Gasteiger partial charge on any atom is 0.267 e. The van der Waals surface area contributed by atoms with Gasteiger partial charge in [0.2, 0.25) is 0 Å². The number of nitrogens with zero attached hydrogens (tertiary/aromatic N) is 3. The first-order valence-electron chi connectivity index (χ1n) is 10.5. The van der Waals surface area contributed by atoms with Gasteiger partial charge in [-0.1, -0.05) is 37.0 Å². The van der Waals surface area contributed by atoms with Crippen LogP contribution in [0.2, 0.25) is 0 Å². The minimum Gasteiger partial charge on any atom is -0.376 e. The molecule has 4 heterocycles. The van der Waals surface area contributed by atoms with Crippen LogP contribution in [0.15, 0.2) is 28.0 Å². The molecule has 2 aromatic heterocycles. The lowest BCUT2D eigenvalue weighted by molar-refractivity contribution is -0.123. The number of pyridine rings is 1. The summed E-state index contributed by atoms with van der Waals surface area (Å²) in [7, 11) is 0. The number of hydrogen-bond donors (Lipinski definition) is 1. The molecule has 0 aliphatic carbocycles. The van der Waals surface area contributed by atoms with E-state index in [2.05, 4.69) is 5.32 Å². The van der Waals surface area contributed by atoms with E-state index < -0.39 is 0 Å². The first kappa shape index (κ1) is 22.0. The summed E-state index contributed by atoms with van der Waals surface area (Å²) in [6, 6.07) is 3.74. The molecule has 9 heteroatoms. The van der Waals surface area contributed by atoms with Crippen molar-refractivity contribution in [2.75, 3.05) is 18.5 Å². The predicted octanol–water partition coefficient (Wildman–Crippen LogP) is 3.59. The zero-order chi connectivity index (χ0) is 22.1. The van der Waals surface area contributed by atoms with Crippen LogP contribution in [-0.4, -0.2) is 49.8 Å². The van der Waals surface area contributed by atoms with E-state index in [-0.39, 0.29) is 23.6 Å². The number of rotatable bonds is 6. The molecule has 7 nitrogen and oxygen atoms in total. The second-order valence-corrected chi connectivity index (χ2v) is 9.56. The number of nitrogens with one attached hydrogen (secondary N) is 1. The lowest BCUT2D eigenvalue weighted by atomic mass is 10.2. The minimum atomic E-state index is -0.225. The number of amides is 1. The van der Waals surface area contributed by atoms with Gasteiger partial charge in [-0.25, -0.2) is 4.98 Å². The van der Waals surface area contributed by atoms with Gasteiger partial charge in [0, 0.05) is 25.4 Å². The highest BCUT2D eigenvalue weighted by Gasteiger charge is 2.35. The van der Waals surface area contributed by atoms with Gasteiger partial charge >= 0.3 is 0 Å². The molecule has 4 rings (SSSR count). The van der Waals surface area contributed by atoms with Gasteiger partial charge in [0.25, 0.3) is 11.5 Å². The first-order valence-corrected chi connectivity index (χ1v) is 11.8. The van der Waals surface area contributed by atoms with Crippen molar-refractivity contribution in [2.24, 2.45) is 0 Å². The highest BCUT2D eigenvalue weighted by molar-refractivity contribution is 8.26. The number of carbonyl (C=O) groups excluding carboxylic acids is 1. The Labute approximate surface area is 190 Å². The Balaban J connectivity index is 1.78. The molecule has 0 radical (unpaired) electrons. The van der Waals surface area contributed by atoms with Gasteiger partial charge < -0.3 is 10.1 Å². The van der Waals surface area contributed by atoms with E-state index in [0.717, 1.165) is 31.4 Å². The second-order valence-electron chi connectivity index (χ2n) is 7.89. The van der Waals surface area contributed by atoms with Crippen LogP contribution in [0.25, 0.3) is 11.7 Å².